The number of thiocarbonyl (C=S) groups is 1. The van der Waals surface area contributed by atoms with Crippen LogP contribution in [0, 0.1) is 5.41 Å². The zero-order valence-electron chi connectivity index (χ0n) is 13.0. The Labute approximate surface area is 137 Å². The first kappa shape index (κ1) is 15.1. The van der Waals surface area contributed by atoms with E-state index in [4.69, 9.17) is 17.6 Å². The van der Waals surface area contributed by atoms with Crippen molar-refractivity contribution >= 4 is 28.6 Å². The minimum absolute atomic E-state index is 0.381. The lowest BCUT2D eigenvalue weighted by Crippen LogP contribution is -2.30. The Balaban J connectivity index is 1.82. The van der Waals surface area contributed by atoms with Crippen molar-refractivity contribution in [1.82, 2.24) is 4.90 Å². The molecule has 22 heavy (non-hydrogen) atoms. The molecule has 0 aromatic heterocycles. The molecule has 1 aromatic rings. The second-order valence-corrected chi connectivity index (χ2v) is 6.45. The van der Waals surface area contributed by atoms with E-state index in [2.05, 4.69) is 42.4 Å². The number of allylic oxidation sites excluding steroid dienone is 3. The Hall–Kier alpha value is -1.78. The van der Waals surface area contributed by atoms with Crippen molar-refractivity contribution in [3.05, 3.63) is 53.1 Å². The zero-order valence-corrected chi connectivity index (χ0v) is 13.8. The molecule has 3 rings (SSSR count). The number of amidine groups is 1. The van der Waals surface area contributed by atoms with Gasteiger partial charge in [0.25, 0.3) is 0 Å². The van der Waals surface area contributed by atoms with Crippen LogP contribution in [0.15, 0.2) is 42.0 Å². The summed E-state index contributed by atoms with van der Waals surface area (Å²) in [6, 6.07) is 6.83. The molecule has 2 aliphatic rings. The smallest absolute Gasteiger partial charge is 0.131 e. The van der Waals surface area contributed by atoms with Crippen LogP contribution in [0.1, 0.15) is 30.5 Å². The van der Waals surface area contributed by atoms with Crippen molar-refractivity contribution in [3.63, 3.8) is 0 Å². The highest BCUT2D eigenvalue weighted by molar-refractivity contribution is 7.81. The molecule has 1 unspecified atom stereocenters. The Morgan fingerprint density at radius 2 is 2.23 bits per heavy atom. The molecule has 1 aliphatic carbocycles. The SMILES string of the molecule is CC1c2cc(NC(=N)C3=CC=CCC3=S)ccc2CCN1C. The van der Waals surface area contributed by atoms with Gasteiger partial charge in [0.05, 0.1) is 0 Å². The lowest BCUT2D eigenvalue weighted by atomic mass is 9.93. The minimum Gasteiger partial charge on any atom is -0.340 e. The zero-order chi connectivity index (χ0) is 15.7. The Morgan fingerprint density at radius 3 is 3.00 bits per heavy atom. The standard InChI is InChI=1S/C18H21N3S/c1-12-16-11-14(8-7-13(16)9-10-21(12)2)20-18(19)15-5-3-4-6-17(15)22/h3-5,7-8,11-12H,6,9-10H2,1-2H3,(H2,19,20). The van der Waals surface area contributed by atoms with Crippen molar-refractivity contribution in [2.75, 3.05) is 18.9 Å². The molecular formula is C18H21N3S. The van der Waals surface area contributed by atoms with Gasteiger partial charge in [-0.2, -0.15) is 0 Å². The topological polar surface area (TPSA) is 39.1 Å². The monoisotopic (exact) mass is 311 g/mol. The molecule has 0 spiro atoms. The maximum atomic E-state index is 8.27. The third-order valence-electron chi connectivity index (χ3n) is 4.53. The highest BCUT2D eigenvalue weighted by Gasteiger charge is 2.21. The predicted molar refractivity (Wildman–Crippen MR) is 97.0 cm³/mol. The van der Waals surface area contributed by atoms with Crippen LogP contribution in [-0.4, -0.2) is 29.2 Å². The van der Waals surface area contributed by atoms with E-state index in [1.54, 1.807) is 0 Å². The van der Waals surface area contributed by atoms with Crippen LogP contribution in [0.2, 0.25) is 0 Å². The van der Waals surface area contributed by atoms with Gasteiger partial charge in [-0.25, -0.2) is 0 Å². The highest BCUT2D eigenvalue weighted by atomic mass is 32.1. The molecule has 3 nitrogen and oxygen atoms in total. The van der Waals surface area contributed by atoms with E-state index < -0.39 is 0 Å². The summed E-state index contributed by atoms with van der Waals surface area (Å²) >= 11 is 5.34. The van der Waals surface area contributed by atoms with Crippen LogP contribution in [-0.2, 0) is 6.42 Å². The number of hydrogen-bond donors (Lipinski definition) is 2. The van der Waals surface area contributed by atoms with Crippen molar-refractivity contribution in [2.45, 2.75) is 25.8 Å². The molecule has 114 valence electrons. The van der Waals surface area contributed by atoms with E-state index in [9.17, 15) is 0 Å². The number of rotatable bonds is 2. The fourth-order valence-corrected chi connectivity index (χ4v) is 3.26. The number of likely N-dealkylation sites (N-methyl/N-ethyl adjacent to an activating group) is 1. The van der Waals surface area contributed by atoms with E-state index in [0.717, 1.165) is 35.5 Å². The van der Waals surface area contributed by atoms with Crippen LogP contribution in [0.25, 0.3) is 0 Å². The van der Waals surface area contributed by atoms with Gasteiger partial charge in [0.15, 0.2) is 0 Å². The van der Waals surface area contributed by atoms with Crippen LogP contribution in [0.5, 0.6) is 0 Å². The first-order valence-corrected chi connectivity index (χ1v) is 8.06. The summed E-state index contributed by atoms with van der Waals surface area (Å²) in [4.78, 5) is 3.19. The van der Waals surface area contributed by atoms with E-state index >= 15 is 0 Å². The summed E-state index contributed by atoms with van der Waals surface area (Å²) in [6.45, 7) is 3.33. The van der Waals surface area contributed by atoms with Gasteiger partial charge in [0.1, 0.15) is 5.84 Å². The molecule has 1 aliphatic heterocycles. The maximum Gasteiger partial charge on any atom is 0.131 e. The molecule has 1 heterocycles. The fraction of sp³-hybridized carbons (Fsp3) is 0.333. The van der Waals surface area contributed by atoms with E-state index in [1.807, 2.05) is 18.2 Å². The van der Waals surface area contributed by atoms with Gasteiger partial charge in [-0.3, -0.25) is 10.3 Å². The van der Waals surface area contributed by atoms with Crippen molar-refractivity contribution in [1.29, 1.82) is 5.41 Å². The summed E-state index contributed by atoms with van der Waals surface area (Å²) in [7, 11) is 2.16. The van der Waals surface area contributed by atoms with Crippen molar-refractivity contribution in [2.24, 2.45) is 0 Å². The molecule has 0 amide bonds. The molecule has 1 atom stereocenters. The first-order valence-electron chi connectivity index (χ1n) is 7.65. The number of benzene rings is 1. The van der Waals surface area contributed by atoms with Crippen LogP contribution < -0.4 is 5.32 Å². The summed E-state index contributed by atoms with van der Waals surface area (Å²) in [6.07, 6.45) is 7.74. The van der Waals surface area contributed by atoms with Gasteiger partial charge in [-0.05, 0) is 43.7 Å². The van der Waals surface area contributed by atoms with Crippen molar-refractivity contribution < 1.29 is 0 Å². The van der Waals surface area contributed by atoms with Gasteiger partial charge < -0.3 is 5.32 Å². The summed E-state index contributed by atoms with van der Waals surface area (Å²) in [5.41, 5.74) is 4.55. The third kappa shape index (κ3) is 2.89. The van der Waals surface area contributed by atoms with E-state index in [1.165, 1.54) is 11.1 Å². The van der Waals surface area contributed by atoms with Crippen LogP contribution in [0.4, 0.5) is 5.69 Å². The molecule has 0 radical (unpaired) electrons. The normalized spacial score (nSPS) is 21.3. The van der Waals surface area contributed by atoms with Crippen LogP contribution in [0.3, 0.4) is 0 Å². The molecule has 1 aromatic carbocycles. The highest BCUT2D eigenvalue weighted by Crippen LogP contribution is 2.30. The lowest BCUT2D eigenvalue weighted by Gasteiger charge is -2.32. The molecule has 0 saturated carbocycles. The summed E-state index contributed by atoms with van der Waals surface area (Å²) < 4.78 is 0. The largest absolute Gasteiger partial charge is 0.340 e. The Morgan fingerprint density at radius 1 is 1.41 bits per heavy atom. The number of nitrogens with zero attached hydrogens (tertiary/aromatic N) is 1. The van der Waals surface area contributed by atoms with Crippen molar-refractivity contribution in [3.8, 4) is 0 Å². The van der Waals surface area contributed by atoms with Crippen LogP contribution >= 0.6 is 12.2 Å². The average molecular weight is 311 g/mol. The first-order chi connectivity index (χ1) is 10.6. The average Bonchev–Trinajstić information content (AvgIpc) is 2.52. The summed E-state index contributed by atoms with van der Waals surface area (Å²) in [5, 5.41) is 11.5. The molecule has 0 bridgehead atoms. The number of anilines is 1. The van der Waals surface area contributed by atoms with Gasteiger partial charge in [-0.1, -0.05) is 36.5 Å². The second-order valence-electron chi connectivity index (χ2n) is 5.96. The quantitative estimate of drug-likeness (QED) is 0.494. The number of nitrogens with one attached hydrogen (secondary N) is 2. The van der Waals surface area contributed by atoms with Gasteiger partial charge in [-0.15, -0.1) is 0 Å². The Kier molecular flexibility index (Phi) is 4.23. The number of fused-ring (bicyclic) bond motifs is 1. The number of hydrogen-bond acceptors (Lipinski definition) is 3. The molecule has 2 N–H and O–H groups in total. The van der Waals surface area contributed by atoms with Gasteiger partial charge >= 0.3 is 0 Å². The van der Waals surface area contributed by atoms with E-state index in [0.29, 0.717) is 11.9 Å². The predicted octanol–water partition coefficient (Wildman–Crippen LogP) is 3.88. The third-order valence-corrected chi connectivity index (χ3v) is 4.92. The van der Waals surface area contributed by atoms with Gasteiger partial charge in [0.2, 0.25) is 0 Å². The fourth-order valence-electron chi connectivity index (χ4n) is 2.99. The Bertz CT molecular complexity index is 688. The lowest BCUT2D eigenvalue weighted by molar-refractivity contribution is 0.247. The van der Waals surface area contributed by atoms with E-state index in [-0.39, 0.29) is 0 Å². The maximum absolute atomic E-state index is 8.27. The molecular weight excluding hydrogens is 290 g/mol. The van der Waals surface area contributed by atoms with Gasteiger partial charge in [0, 0.05) is 35.1 Å². The summed E-state index contributed by atoms with van der Waals surface area (Å²) in [5.74, 6) is 0.381. The molecule has 0 fully saturated rings. The minimum atomic E-state index is 0.381. The second kappa shape index (κ2) is 6.15. The molecule has 4 heteroatoms. The molecule has 0 saturated heterocycles.